The third-order valence-corrected chi connectivity index (χ3v) is 4.91. The van der Waals surface area contributed by atoms with Crippen molar-refractivity contribution >= 4 is 22.1 Å². The Hall–Kier alpha value is -3.80. The van der Waals surface area contributed by atoms with Crippen LogP contribution in [-0.2, 0) is 6.54 Å². The number of pyridine rings is 1. The summed E-state index contributed by atoms with van der Waals surface area (Å²) in [6, 6.07) is 17.4. The fraction of sp³-hybridized carbons (Fsp3) is 0.0909. The molecule has 0 saturated heterocycles. The normalized spacial score (nSPS) is 11.3. The summed E-state index contributed by atoms with van der Waals surface area (Å²) >= 11 is 0. The Labute approximate surface area is 160 Å². The highest BCUT2D eigenvalue weighted by molar-refractivity contribution is 5.94. The number of rotatable bonds is 4. The van der Waals surface area contributed by atoms with Crippen molar-refractivity contribution in [3.63, 3.8) is 0 Å². The average Bonchev–Trinajstić information content (AvgIpc) is 3.32. The van der Waals surface area contributed by atoms with Gasteiger partial charge in [0.2, 0.25) is 0 Å². The lowest BCUT2D eigenvalue weighted by molar-refractivity contribution is 0.414. The number of nitrogens with zero attached hydrogens (tertiary/aromatic N) is 2. The maximum absolute atomic E-state index is 12.5. The first-order valence-electron chi connectivity index (χ1n) is 8.92. The quantitative estimate of drug-likeness (QED) is 0.514. The number of benzene rings is 2. The van der Waals surface area contributed by atoms with Crippen molar-refractivity contribution in [3.05, 3.63) is 83.1 Å². The molecule has 0 aliphatic carbocycles. The van der Waals surface area contributed by atoms with E-state index in [1.165, 1.54) is 0 Å². The Balaban J connectivity index is 1.59. The Bertz CT molecular complexity index is 1360. The molecule has 0 amide bonds. The van der Waals surface area contributed by atoms with E-state index in [4.69, 9.17) is 9.15 Å². The SMILES string of the molecule is COc1cccc(Cn2c(=O)oc3cc(-c4ccnc5[nH]ccc45)ccc32)c1. The highest BCUT2D eigenvalue weighted by atomic mass is 16.5. The molecule has 0 aliphatic rings. The van der Waals surface area contributed by atoms with Crippen LogP contribution in [0.3, 0.4) is 0 Å². The van der Waals surface area contributed by atoms with Crippen LogP contribution in [0.2, 0.25) is 0 Å². The van der Waals surface area contributed by atoms with E-state index in [1.807, 2.05) is 60.8 Å². The van der Waals surface area contributed by atoms with Gasteiger partial charge in [-0.25, -0.2) is 9.78 Å². The number of aromatic nitrogens is 3. The van der Waals surface area contributed by atoms with E-state index in [0.29, 0.717) is 12.1 Å². The molecule has 5 rings (SSSR count). The summed E-state index contributed by atoms with van der Waals surface area (Å²) in [5, 5.41) is 1.03. The number of nitrogens with one attached hydrogen (secondary N) is 1. The van der Waals surface area contributed by atoms with Crippen molar-refractivity contribution in [3.8, 4) is 16.9 Å². The molecule has 0 unspecified atom stereocenters. The Morgan fingerprint density at radius 3 is 2.96 bits per heavy atom. The maximum Gasteiger partial charge on any atom is 0.420 e. The maximum atomic E-state index is 12.5. The van der Waals surface area contributed by atoms with Gasteiger partial charge in [0.15, 0.2) is 5.58 Å². The summed E-state index contributed by atoms with van der Waals surface area (Å²) in [6.45, 7) is 0.416. The van der Waals surface area contributed by atoms with Crippen molar-refractivity contribution in [1.29, 1.82) is 0 Å². The average molecular weight is 371 g/mol. The van der Waals surface area contributed by atoms with Crippen LogP contribution < -0.4 is 10.5 Å². The molecule has 6 heteroatoms. The second-order valence-electron chi connectivity index (χ2n) is 6.59. The molecule has 5 aromatic rings. The molecule has 0 fully saturated rings. The summed E-state index contributed by atoms with van der Waals surface area (Å²) in [4.78, 5) is 19.9. The molecule has 3 heterocycles. The molecule has 0 spiro atoms. The van der Waals surface area contributed by atoms with E-state index in [1.54, 1.807) is 17.9 Å². The molecule has 138 valence electrons. The molecular weight excluding hydrogens is 354 g/mol. The first-order valence-corrected chi connectivity index (χ1v) is 8.92. The van der Waals surface area contributed by atoms with Gasteiger partial charge >= 0.3 is 5.76 Å². The standard InChI is InChI=1S/C22H17N3O3/c1-27-16-4-2-3-14(11-16)13-25-19-6-5-15(12-20(19)28-22(25)26)17-7-9-23-21-18(17)8-10-24-21/h2-12H,13H2,1H3,(H,23,24). The highest BCUT2D eigenvalue weighted by Gasteiger charge is 2.13. The summed E-state index contributed by atoms with van der Waals surface area (Å²) in [5.41, 5.74) is 5.13. The van der Waals surface area contributed by atoms with Crippen LogP contribution in [0.25, 0.3) is 33.3 Å². The van der Waals surface area contributed by atoms with Gasteiger partial charge < -0.3 is 14.1 Å². The molecule has 3 aromatic heterocycles. The monoisotopic (exact) mass is 371 g/mol. The van der Waals surface area contributed by atoms with E-state index in [9.17, 15) is 4.79 Å². The number of fused-ring (bicyclic) bond motifs is 2. The second-order valence-corrected chi connectivity index (χ2v) is 6.59. The fourth-order valence-electron chi connectivity index (χ4n) is 3.55. The number of ether oxygens (including phenoxy) is 1. The fourth-order valence-corrected chi connectivity index (χ4v) is 3.55. The first kappa shape index (κ1) is 16.4. The number of hydrogen-bond donors (Lipinski definition) is 1. The summed E-state index contributed by atoms with van der Waals surface area (Å²) in [5.74, 6) is 0.380. The summed E-state index contributed by atoms with van der Waals surface area (Å²) in [6.07, 6.45) is 3.63. The molecular formula is C22H17N3O3. The van der Waals surface area contributed by atoms with Crippen molar-refractivity contribution in [1.82, 2.24) is 14.5 Å². The van der Waals surface area contributed by atoms with Gasteiger partial charge in [0.05, 0.1) is 19.2 Å². The van der Waals surface area contributed by atoms with Gasteiger partial charge in [0.25, 0.3) is 0 Å². The number of aromatic amines is 1. The van der Waals surface area contributed by atoms with Crippen LogP contribution in [0.1, 0.15) is 5.56 Å². The van der Waals surface area contributed by atoms with Gasteiger partial charge in [-0.1, -0.05) is 18.2 Å². The molecule has 0 aliphatic heterocycles. The lowest BCUT2D eigenvalue weighted by Crippen LogP contribution is -2.14. The van der Waals surface area contributed by atoms with Crippen molar-refractivity contribution in [2.75, 3.05) is 7.11 Å². The van der Waals surface area contributed by atoms with Gasteiger partial charge in [-0.2, -0.15) is 0 Å². The van der Waals surface area contributed by atoms with Gasteiger partial charge in [0.1, 0.15) is 11.4 Å². The molecule has 0 saturated carbocycles. The summed E-state index contributed by atoms with van der Waals surface area (Å²) in [7, 11) is 1.63. The van der Waals surface area contributed by atoms with Crippen LogP contribution in [0.15, 0.2) is 76.2 Å². The predicted molar refractivity (Wildman–Crippen MR) is 108 cm³/mol. The van der Waals surface area contributed by atoms with Crippen LogP contribution in [0.4, 0.5) is 0 Å². The zero-order valence-corrected chi connectivity index (χ0v) is 15.2. The zero-order chi connectivity index (χ0) is 19.1. The molecule has 0 radical (unpaired) electrons. The van der Waals surface area contributed by atoms with Gasteiger partial charge in [-0.05, 0) is 53.1 Å². The van der Waals surface area contributed by atoms with E-state index in [0.717, 1.165) is 39.0 Å². The van der Waals surface area contributed by atoms with E-state index in [2.05, 4.69) is 9.97 Å². The molecule has 1 N–H and O–H groups in total. The Morgan fingerprint density at radius 1 is 1.14 bits per heavy atom. The number of hydrogen-bond acceptors (Lipinski definition) is 4. The first-order chi connectivity index (χ1) is 13.7. The molecule has 0 atom stereocenters. The third kappa shape index (κ3) is 2.66. The molecule has 6 nitrogen and oxygen atoms in total. The lowest BCUT2D eigenvalue weighted by atomic mass is 10.0. The second kappa shape index (κ2) is 6.42. The van der Waals surface area contributed by atoms with Crippen molar-refractivity contribution in [2.24, 2.45) is 0 Å². The van der Waals surface area contributed by atoms with Crippen molar-refractivity contribution < 1.29 is 9.15 Å². The minimum absolute atomic E-state index is 0.378. The predicted octanol–water partition coefficient (Wildman–Crippen LogP) is 4.19. The number of H-pyrrole nitrogens is 1. The largest absolute Gasteiger partial charge is 0.497 e. The van der Waals surface area contributed by atoms with Gasteiger partial charge in [0, 0.05) is 17.8 Å². The van der Waals surface area contributed by atoms with Crippen LogP contribution in [0.5, 0.6) is 5.75 Å². The zero-order valence-electron chi connectivity index (χ0n) is 15.2. The van der Waals surface area contributed by atoms with Crippen LogP contribution >= 0.6 is 0 Å². The minimum Gasteiger partial charge on any atom is -0.497 e. The summed E-state index contributed by atoms with van der Waals surface area (Å²) < 4.78 is 12.4. The molecule has 0 bridgehead atoms. The lowest BCUT2D eigenvalue weighted by Gasteiger charge is -2.06. The van der Waals surface area contributed by atoms with Crippen LogP contribution in [0, 0.1) is 0 Å². The topological polar surface area (TPSA) is 73.1 Å². The van der Waals surface area contributed by atoms with Gasteiger partial charge in [-0.3, -0.25) is 4.57 Å². The Kier molecular flexibility index (Phi) is 3.76. The smallest absolute Gasteiger partial charge is 0.420 e. The van der Waals surface area contributed by atoms with Crippen LogP contribution in [-0.4, -0.2) is 21.6 Å². The minimum atomic E-state index is -0.378. The van der Waals surface area contributed by atoms with E-state index < -0.39 is 0 Å². The van der Waals surface area contributed by atoms with Crippen molar-refractivity contribution in [2.45, 2.75) is 6.54 Å². The Morgan fingerprint density at radius 2 is 2.07 bits per heavy atom. The highest BCUT2D eigenvalue weighted by Crippen LogP contribution is 2.29. The van der Waals surface area contributed by atoms with Gasteiger partial charge in [-0.15, -0.1) is 0 Å². The molecule has 2 aromatic carbocycles. The van der Waals surface area contributed by atoms with E-state index >= 15 is 0 Å². The number of oxazole rings is 1. The molecule has 28 heavy (non-hydrogen) atoms. The van der Waals surface area contributed by atoms with E-state index in [-0.39, 0.29) is 5.76 Å². The third-order valence-electron chi connectivity index (χ3n) is 4.91. The number of methoxy groups -OCH3 is 1.